The number of carbonyl (C=O) groups is 1. The monoisotopic (exact) mass is 402 g/mol. The van der Waals surface area contributed by atoms with Crippen molar-refractivity contribution >= 4 is 37.5 Å². The molecule has 0 saturated heterocycles. The number of nitrogen functional groups attached to an aromatic ring is 2. The first-order valence-corrected chi connectivity index (χ1v) is 9.83. The van der Waals surface area contributed by atoms with Gasteiger partial charge in [-0.15, -0.1) is 0 Å². The quantitative estimate of drug-likeness (QED) is 0.525. The van der Waals surface area contributed by atoms with Gasteiger partial charge in [0, 0.05) is 11.4 Å². The topological polar surface area (TPSA) is 185 Å². The zero-order valence-corrected chi connectivity index (χ0v) is 15.2. The number of primary sulfonamides is 1. The van der Waals surface area contributed by atoms with Crippen molar-refractivity contribution in [3.63, 3.8) is 0 Å². The number of sulfonamides is 2. The molecule has 0 saturated carbocycles. The van der Waals surface area contributed by atoms with Crippen molar-refractivity contribution in [3.05, 3.63) is 48.5 Å². The molecule has 12 heteroatoms. The predicted molar refractivity (Wildman–Crippen MR) is 95.8 cm³/mol. The molecule has 0 spiro atoms. The number of anilines is 2. The summed E-state index contributed by atoms with van der Waals surface area (Å²) in [6.07, 6.45) is -1.04. The predicted octanol–water partition coefficient (Wildman–Crippen LogP) is 0.230. The Balaban J connectivity index is 0.000000273. The van der Waals surface area contributed by atoms with E-state index in [1.165, 1.54) is 48.5 Å². The minimum absolute atomic E-state index is 0.0536. The Hall–Kier alpha value is -2.83. The second kappa shape index (κ2) is 8.51. The van der Waals surface area contributed by atoms with Crippen molar-refractivity contribution in [2.75, 3.05) is 18.6 Å². The molecule has 0 fully saturated rings. The van der Waals surface area contributed by atoms with Gasteiger partial charge in [0.05, 0.1) is 16.9 Å². The maximum Gasteiger partial charge on any atom is 0.420 e. The maximum atomic E-state index is 11.5. The fraction of sp³-hybridized carbons (Fsp3) is 0.0714. The van der Waals surface area contributed by atoms with E-state index in [4.69, 9.17) is 16.6 Å². The molecule has 0 aliphatic carbocycles. The molecule has 0 heterocycles. The Labute approximate surface area is 151 Å². The van der Waals surface area contributed by atoms with Crippen molar-refractivity contribution in [2.45, 2.75) is 9.79 Å². The average Bonchev–Trinajstić information content (AvgIpc) is 2.55. The Kier molecular flexibility index (Phi) is 6.94. The molecule has 0 unspecified atom stereocenters. The highest BCUT2D eigenvalue weighted by atomic mass is 32.2. The molecule has 0 atom stereocenters. The maximum absolute atomic E-state index is 11.5. The number of hydrogen-bond donors (Lipinski definition) is 4. The lowest BCUT2D eigenvalue weighted by atomic mass is 10.3. The first kappa shape index (κ1) is 21.2. The van der Waals surface area contributed by atoms with Crippen LogP contribution in [0.1, 0.15) is 0 Å². The molecule has 0 aliphatic heterocycles. The highest BCUT2D eigenvalue weighted by molar-refractivity contribution is 7.90. The van der Waals surface area contributed by atoms with E-state index in [2.05, 4.69) is 4.74 Å². The van der Waals surface area contributed by atoms with Crippen molar-refractivity contribution in [3.8, 4) is 0 Å². The lowest BCUT2D eigenvalue weighted by Gasteiger charge is -2.05. The van der Waals surface area contributed by atoms with Crippen molar-refractivity contribution < 1.29 is 26.4 Å². The standard InChI is InChI=1S/C8H10N2O4S.C6H8N2O2S/c1-14-8(11)10-15(12,13)7-4-2-6(9)3-5-7;7-5-1-3-6(4-2-5)11(8,9)10/h2-5H,9H2,1H3,(H,10,11);1-4H,7H2,(H2,8,9,10). The number of amides is 1. The molecule has 1 amide bonds. The highest BCUT2D eigenvalue weighted by Crippen LogP contribution is 2.11. The third kappa shape index (κ3) is 6.58. The molecule has 7 N–H and O–H groups in total. The summed E-state index contributed by atoms with van der Waals surface area (Å²) in [5.74, 6) is 0. The summed E-state index contributed by atoms with van der Waals surface area (Å²) in [5, 5.41) is 4.84. The van der Waals surface area contributed by atoms with Crippen LogP contribution in [0.15, 0.2) is 58.3 Å². The number of nitrogens with two attached hydrogens (primary N) is 3. The smallest absolute Gasteiger partial charge is 0.420 e. The van der Waals surface area contributed by atoms with Gasteiger partial charge in [-0.3, -0.25) is 0 Å². The second-order valence-corrected chi connectivity index (χ2v) is 8.02. The van der Waals surface area contributed by atoms with Crippen LogP contribution in [0.3, 0.4) is 0 Å². The number of hydrogen-bond acceptors (Lipinski definition) is 8. The minimum Gasteiger partial charge on any atom is -0.452 e. The number of rotatable bonds is 3. The zero-order chi connectivity index (χ0) is 20.0. The van der Waals surface area contributed by atoms with Crippen LogP contribution in [0.4, 0.5) is 16.2 Å². The first-order valence-electron chi connectivity index (χ1n) is 6.80. The Morgan fingerprint density at radius 1 is 0.846 bits per heavy atom. The van der Waals surface area contributed by atoms with E-state index in [0.717, 1.165) is 7.11 Å². The van der Waals surface area contributed by atoms with E-state index in [9.17, 15) is 21.6 Å². The minimum atomic E-state index is -3.87. The number of carbonyl (C=O) groups excluding carboxylic acids is 1. The molecule has 26 heavy (non-hydrogen) atoms. The molecule has 142 valence electrons. The molecule has 10 nitrogen and oxygen atoms in total. The third-order valence-corrected chi connectivity index (χ3v) is 5.06. The van der Waals surface area contributed by atoms with Crippen LogP contribution < -0.4 is 21.3 Å². The molecular weight excluding hydrogens is 384 g/mol. The van der Waals surface area contributed by atoms with Gasteiger partial charge in [-0.25, -0.2) is 31.5 Å². The third-order valence-electron chi connectivity index (χ3n) is 2.80. The largest absolute Gasteiger partial charge is 0.452 e. The molecule has 0 radical (unpaired) electrons. The molecule has 0 aliphatic rings. The molecule has 0 aromatic heterocycles. The number of ether oxygens (including phenoxy) is 1. The van der Waals surface area contributed by atoms with Crippen LogP contribution in [0.5, 0.6) is 0 Å². The second-order valence-electron chi connectivity index (χ2n) is 4.78. The summed E-state index contributed by atoms with van der Waals surface area (Å²) in [6, 6.07) is 11.1. The van der Waals surface area contributed by atoms with Crippen LogP contribution in [0.2, 0.25) is 0 Å². The Morgan fingerprint density at radius 3 is 1.58 bits per heavy atom. The number of nitrogens with one attached hydrogen (secondary N) is 1. The van der Waals surface area contributed by atoms with E-state index in [0.29, 0.717) is 11.4 Å². The Morgan fingerprint density at radius 2 is 1.23 bits per heavy atom. The fourth-order valence-corrected chi connectivity index (χ4v) is 2.95. The summed E-state index contributed by atoms with van der Waals surface area (Å²) in [7, 11) is -6.37. The average molecular weight is 402 g/mol. The summed E-state index contributed by atoms with van der Waals surface area (Å²) in [4.78, 5) is 10.8. The van der Waals surface area contributed by atoms with Crippen LogP contribution in [0.25, 0.3) is 0 Å². The first-order chi connectivity index (χ1) is 12.0. The van der Waals surface area contributed by atoms with Crippen molar-refractivity contribution in [2.24, 2.45) is 5.14 Å². The van der Waals surface area contributed by atoms with E-state index >= 15 is 0 Å². The number of benzene rings is 2. The zero-order valence-electron chi connectivity index (χ0n) is 13.6. The SMILES string of the molecule is COC(=O)NS(=O)(=O)c1ccc(N)cc1.Nc1ccc(S(N)(=O)=O)cc1. The normalized spacial score (nSPS) is 11.0. The van der Waals surface area contributed by atoms with Gasteiger partial charge >= 0.3 is 6.09 Å². The van der Waals surface area contributed by atoms with E-state index in [1.54, 1.807) is 4.72 Å². The van der Waals surface area contributed by atoms with Gasteiger partial charge in [0.1, 0.15) is 0 Å². The molecular formula is C14H18N4O6S2. The van der Waals surface area contributed by atoms with Crippen LogP contribution in [0, 0.1) is 0 Å². The lowest BCUT2D eigenvalue weighted by molar-refractivity contribution is 0.177. The lowest BCUT2D eigenvalue weighted by Crippen LogP contribution is -2.30. The van der Waals surface area contributed by atoms with Gasteiger partial charge in [-0.05, 0) is 48.5 Å². The molecule has 2 aromatic carbocycles. The van der Waals surface area contributed by atoms with Crippen LogP contribution in [-0.4, -0.2) is 30.0 Å². The van der Waals surface area contributed by atoms with Gasteiger partial charge in [0.2, 0.25) is 10.0 Å². The Bertz CT molecular complexity index is 956. The van der Waals surface area contributed by atoms with E-state index in [-0.39, 0.29) is 9.79 Å². The van der Waals surface area contributed by atoms with Gasteiger partial charge in [-0.2, -0.15) is 0 Å². The highest BCUT2D eigenvalue weighted by Gasteiger charge is 2.17. The molecule has 2 aromatic rings. The van der Waals surface area contributed by atoms with Gasteiger partial charge in [0.15, 0.2) is 0 Å². The van der Waals surface area contributed by atoms with Crippen LogP contribution >= 0.6 is 0 Å². The van der Waals surface area contributed by atoms with Crippen molar-refractivity contribution in [1.29, 1.82) is 0 Å². The van der Waals surface area contributed by atoms with Gasteiger partial charge in [0.25, 0.3) is 10.0 Å². The van der Waals surface area contributed by atoms with E-state index < -0.39 is 26.1 Å². The molecule has 2 rings (SSSR count). The number of methoxy groups -OCH3 is 1. The molecule has 0 bridgehead atoms. The van der Waals surface area contributed by atoms with E-state index in [1.807, 2.05) is 0 Å². The fourth-order valence-electron chi connectivity index (χ4n) is 1.51. The van der Waals surface area contributed by atoms with Crippen LogP contribution in [-0.2, 0) is 24.8 Å². The summed E-state index contributed by atoms with van der Waals surface area (Å²) >= 11 is 0. The summed E-state index contributed by atoms with van der Waals surface area (Å²) in [6.45, 7) is 0. The van der Waals surface area contributed by atoms with Gasteiger partial charge < -0.3 is 16.2 Å². The summed E-state index contributed by atoms with van der Waals surface area (Å²) < 4.78 is 50.2. The van der Waals surface area contributed by atoms with Crippen molar-refractivity contribution in [1.82, 2.24) is 4.72 Å². The summed E-state index contributed by atoms with van der Waals surface area (Å²) in [5.41, 5.74) is 11.7. The van der Waals surface area contributed by atoms with Gasteiger partial charge in [-0.1, -0.05) is 0 Å².